The van der Waals surface area contributed by atoms with Gasteiger partial charge in [-0.3, -0.25) is 4.79 Å². The number of carbonyl (C=O) groups excluding carboxylic acids is 1. The molecule has 82 valence electrons. The number of rotatable bonds is 1. The standard InChI is InChI=1S/C12H10ClNO2/c13-6-2-1-3-9-4-5-10-11(7-9)16-8-12(15)14-10/h4-5,7H,2,6,8H2,(H,14,15). The first-order valence-electron chi connectivity index (χ1n) is 4.91. The zero-order valence-electron chi connectivity index (χ0n) is 8.55. The van der Waals surface area contributed by atoms with Crippen molar-refractivity contribution < 1.29 is 9.53 Å². The minimum absolute atomic E-state index is 0.0611. The van der Waals surface area contributed by atoms with E-state index in [1.165, 1.54) is 0 Å². The number of alkyl halides is 1. The number of fused-ring (bicyclic) bond motifs is 1. The van der Waals surface area contributed by atoms with Crippen LogP contribution in [0.5, 0.6) is 5.75 Å². The lowest BCUT2D eigenvalue weighted by atomic mass is 10.1. The van der Waals surface area contributed by atoms with E-state index < -0.39 is 0 Å². The fourth-order valence-electron chi connectivity index (χ4n) is 1.36. The first-order valence-corrected chi connectivity index (χ1v) is 5.44. The Labute approximate surface area is 98.7 Å². The highest BCUT2D eigenvalue weighted by atomic mass is 35.5. The average molecular weight is 236 g/mol. The van der Waals surface area contributed by atoms with Crippen LogP contribution in [0.4, 0.5) is 5.69 Å². The molecular weight excluding hydrogens is 226 g/mol. The second-order valence-corrected chi connectivity index (χ2v) is 3.67. The van der Waals surface area contributed by atoms with E-state index >= 15 is 0 Å². The van der Waals surface area contributed by atoms with Crippen LogP contribution in [0.2, 0.25) is 0 Å². The fraction of sp³-hybridized carbons (Fsp3) is 0.250. The zero-order valence-corrected chi connectivity index (χ0v) is 9.30. The number of ether oxygens (including phenoxy) is 1. The largest absolute Gasteiger partial charge is 0.482 e. The Morgan fingerprint density at radius 3 is 3.19 bits per heavy atom. The van der Waals surface area contributed by atoms with Crippen molar-refractivity contribution in [1.29, 1.82) is 0 Å². The maximum Gasteiger partial charge on any atom is 0.262 e. The molecule has 1 amide bonds. The molecule has 0 bridgehead atoms. The molecule has 0 aromatic heterocycles. The predicted molar refractivity (Wildman–Crippen MR) is 62.8 cm³/mol. The molecule has 1 aromatic carbocycles. The molecule has 0 radical (unpaired) electrons. The highest BCUT2D eigenvalue weighted by Crippen LogP contribution is 2.28. The summed E-state index contributed by atoms with van der Waals surface area (Å²) in [5.41, 5.74) is 1.55. The number of anilines is 1. The molecule has 0 fully saturated rings. The van der Waals surface area contributed by atoms with E-state index in [0.717, 1.165) is 5.56 Å². The summed E-state index contributed by atoms with van der Waals surface area (Å²) in [7, 11) is 0. The Balaban J connectivity index is 2.20. The lowest BCUT2D eigenvalue weighted by Crippen LogP contribution is -2.25. The number of amides is 1. The van der Waals surface area contributed by atoms with Gasteiger partial charge >= 0.3 is 0 Å². The summed E-state index contributed by atoms with van der Waals surface area (Å²) < 4.78 is 5.28. The van der Waals surface area contributed by atoms with Crippen LogP contribution in [0, 0.1) is 11.8 Å². The Morgan fingerprint density at radius 1 is 1.50 bits per heavy atom. The SMILES string of the molecule is O=C1COc2cc(C#CCCCl)ccc2N1. The first kappa shape index (κ1) is 10.8. The van der Waals surface area contributed by atoms with Gasteiger partial charge in [-0.15, -0.1) is 11.6 Å². The smallest absolute Gasteiger partial charge is 0.262 e. The Kier molecular flexibility index (Phi) is 3.33. The summed E-state index contributed by atoms with van der Waals surface area (Å²) in [6.07, 6.45) is 0.663. The predicted octanol–water partition coefficient (Wildman–Crippen LogP) is 2.00. The fourth-order valence-corrected chi connectivity index (χ4v) is 1.46. The maximum absolute atomic E-state index is 11.0. The first-order chi connectivity index (χ1) is 7.79. The van der Waals surface area contributed by atoms with Crippen molar-refractivity contribution in [2.45, 2.75) is 6.42 Å². The second-order valence-electron chi connectivity index (χ2n) is 3.29. The minimum atomic E-state index is -0.131. The van der Waals surface area contributed by atoms with Crippen LogP contribution >= 0.6 is 11.6 Å². The summed E-state index contributed by atoms with van der Waals surface area (Å²) in [5.74, 6) is 6.99. The van der Waals surface area contributed by atoms with Gasteiger partial charge in [0, 0.05) is 17.9 Å². The van der Waals surface area contributed by atoms with Crippen molar-refractivity contribution >= 4 is 23.2 Å². The van der Waals surface area contributed by atoms with Crippen LogP contribution < -0.4 is 10.1 Å². The zero-order chi connectivity index (χ0) is 11.4. The van der Waals surface area contributed by atoms with E-state index in [1.807, 2.05) is 12.1 Å². The average Bonchev–Trinajstić information content (AvgIpc) is 2.29. The molecule has 1 aliphatic heterocycles. The van der Waals surface area contributed by atoms with E-state index in [2.05, 4.69) is 17.2 Å². The number of carbonyl (C=O) groups is 1. The number of nitrogens with one attached hydrogen (secondary N) is 1. The molecule has 0 atom stereocenters. The van der Waals surface area contributed by atoms with E-state index in [-0.39, 0.29) is 12.5 Å². The van der Waals surface area contributed by atoms with Gasteiger partial charge < -0.3 is 10.1 Å². The van der Waals surface area contributed by atoms with Crippen molar-refractivity contribution in [1.82, 2.24) is 0 Å². The minimum Gasteiger partial charge on any atom is -0.482 e. The van der Waals surface area contributed by atoms with Crippen molar-refractivity contribution in [2.75, 3.05) is 17.8 Å². The van der Waals surface area contributed by atoms with Gasteiger partial charge in [0.05, 0.1) is 5.69 Å². The normalized spacial score (nSPS) is 12.9. The van der Waals surface area contributed by atoms with Crippen LogP contribution in [-0.4, -0.2) is 18.4 Å². The highest BCUT2D eigenvalue weighted by molar-refractivity contribution is 6.18. The van der Waals surface area contributed by atoms with Crippen molar-refractivity contribution in [2.24, 2.45) is 0 Å². The number of hydrogen-bond donors (Lipinski definition) is 1. The number of halogens is 1. The van der Waals surface area contributed by atoms with Gasteiger partial charge in [0.15, 0.2) is 6.61 Å². The summed E-state index contributed by atoms with van der Waals surface area (Å²) in [5, 5.41) is 2.72. The molecule has 3 nitrogen and oxygen atoms in total. The molecule has 0 saturated heterocycles. The van der Waals surface area contributed by atoms with Gasteiger partial charge in [0.25, 0.3) is 5.91 Å². The second kappa shape index (κ2) is 4.91. The van der Waals surface area contributed by atoms with Crippen LogP contribution in [-0.2, 0) is 4.79 Å². The Morgan fingerprint density at radius 2 is 2.38 bits per heavy atom. The Hall–Kier alpha value is -1.66. The molecule has 0 saturated carbocycles. The molecule has 1 N–H and O–H groups in total. The summed E-state index contributed by atoms with van der Waals surface area (Å²) >= 11 is 5.52. The van der Waals surface area contributed by atoms with Gasteiger partial charge in [-0.25, -0.2) is 0 Å². The molecule has 1 aliphatic rings. The van der Waals surface area contributed by atoms with Crippen LogP contribution in [0.15, 0.2) is 18.2 Å². The monoisotopic (exact) mass is 235 g/mol. The van der Waals surface area contributed by atoms with Crippen molar-refractivity contribution in [3.63, 3.8) is 0 Å². The van der Waals surface area contributed by atoms with Crippen molar-refractivity contribution in [3.05, 3.63) is 23.8 Å². The molecule has 1 heterocycles. The van der Waals surface area contributed by atoms with Gasteiger partial charge in [-0.2, -0.15) is 0 Å². The molecular formula is C12H10ClNO2. The lowest BCUT2D eigenvalue weighted by molar-refractivity contribution is -0.118. The van der Waals surface area contributed by atoms with Gasteiger partial charge in [0.1, 0.15) is 5.75 Å². The lowest BCUT2D eigenvalue weighted by Gasteiger charge is -2.17. The van der Waals surface area contributed by atoms with Crippen LogP contribution in [0.3, 0.4) is 0 Å². The molecule has 2 rings (SSSR count). The highest BCUT2D eigenvalue weighted by Gasteiger charge is 2.15. The molecule has 0 spiro atoms. The molecule has 4 heteroatoms. The van der Waals surface area contributed by atoms with Crippen molar-refractivity contribution in [3.8, 4) is 17.6 Å². The van der Waals surface area contributed by atoms with Gasteiger partial charge in [-0.05, 0) is 18.2 Å². The summed E-state index contributed by atoms with van der Waals surface area (Å²) in [4.78, 5) is 11.0. The summed E-state index contributed by atoms with van der Waals surface area (Å²) in [6.45, 7) is 0.0611. The van der Waals surface area contributed by atoms with E-state index in [9.17, 15) is 4.79 Å². The van der Waals surface area contributed by atoms with E-state index in [0.29, 0.717) is 23.7 Å². The topological polar surface area (TPSA) is 38.3 Å². The van der Waals surface area contributed by atoms with Gasteiger partial charge in [-0.1, -0.05) is 11.8 Å². The molecule has 0 aliphatic carbocycles. The molecule has 0 unspecified atom stereocenters. The van der Waals surface area contributed by atoms with E-state index in [1.54, 1.807) is 6.07 Å². The van der Waals surface area contributed by atoms with E-state index in [4.69, 9.17) is 16.3 Å². The van der Waals surface area contributed by atoms with Crippen LogP contribution in [0.1, 0.15) is 12.0 Å². The molecule has 1 aromatic rings. The maximum atomic E-state index is 11.0. The third-order valence-corrected chi connectivity index (χ3v) is 2.26. The third-order valence-electron chi connectivity index (χ3n) is 2.07. The Bertz CT molecular complexity index is 474. The molecule has 16 heavy (non-hydrogen) atoms. The number of benzene rings is 1. The summed E-state index contributed by atoms with van der Waals surface area (Å²) in [6, 6.07) is 5.45. The third kappa shape index (κ3) is 2.47. The van der Waals surface area contributed by atoms with Gasteiger partial charge in [0.2, 0.25) is 0 Å². The number of hydrogen-bond acceptors (Lipinski definition) is 2. The quantitative estimate of drug-likeness (QED) is 0.597. The van der Waals surface area contributed by atoms with Crippen LogP contribution in [0.25, 0.3) is 0 Å².